The van der Waals surface area contributed by atoms with Crippen molar-refractivity contribution in [2.45, 2.75) is 31.6 Å². The molecule has 0 spiro atoms. The van der Waals surface area contributed by atoms with Gasteiger partial charge in [0.1, 0.15) is 0 Å². The van der Waals surface area contributed by atoms with E-state index in [2.05, 4.69) is 4.99 Å². The van der Waals surface area contributed by atoms with E-state index >= 15 is 0 Å². The van der Waals surface area contributed by atoms with E-state index in [4.69, 9.17) is 11.6 Å². The molecule has 0 saturated carbocycles. The van der Waals surface area contributed by atoms with Gasteiger partial charge in [0.2, 0.25) is 0 Å². The first kappa shape index (κ1) is 20.4. The predicted molar refractivity (Wildman–Crippen MR) is 120 cm³/mol. The summed E-state index contributed by atoms with van der Waals surface area (Å²) >= 11 is 7.59. The van der Waals surface area contributed by atoms with Crippen molar-refractivity contribution >= 4 is 50.0 Å². The molecular formula is C21H21ClN2O3S2. The van der Waals surface area contributed by atoms with E-state index < -0.39 is 9.84 Å². The van der Waals surface area contributed by atoms with Gasteiger partial charge in [-0.05, 0) is 37.1 Å². The van der Waals surface area contributed by atoms with Crippen molar-refractivity contribution in [3.8, 4) is 0 Å². The summed E-state index contributed by atoms with van der Waals surface area (Å²) in [5.41, 5.74) is 3.76. The van der Waals surface area contributed by atoms with Crippen LogP contribution in [0.25, 0.3) is 0 Å². The van der Waals surface area contributed by atoms with Gasteiger partial charge in [0.05, 0.1) is 24.0 Å². The number of amidine groups is 1. The minimum atomic E-state index is -3.11. The van der Waals surface area contributed by atoms with Gasteiger partial charge in [-0.1, -0.05) is 59.3 Å². The third kappa shape index (κ3) is 4.37. The van der Waals surface area contributed by atoms with E-state index in [0.29, 0.717) is 10.2 Å². The normalized spacial score (nSPS) is 24.1. The summed E-state index contributed by atoms with van der Waals surface area (Å²) in [4.78, 5) is 19.0. The average molecular weight is 449 g/mol. The number of anilines is 1. The summed E-state index contributed by atoms with van der Waals surface area (Å²) in [5, 5.41) is 0.979. The van der Waals surface area contributed by atoms with Crippen LogP contribution in [-0.4, -0.2) is 42.3 Å². The van der Waals surface area contributed by atoms with Crippen LogP contribution in [0, 0.1) is 13.8 Å². The molecule has 2 saturated heterocycles. The molecule has 0 bridgehead atoms. The van der Waals surface area contributed by atoms with Crippen LogP contribution in [0.5, 0.6) is 0 Å². The molecule has 2 aromatic carbocycles. The molecule has 2 aliphatic rings. The Kier molecular flexibility index (Phi) is 5.48. The van der Waals surface area contributed by atoms with Crippen molar-refractivity contribution in [3.63, 3.8) is 0 Å². The number of aryl methyl sites for hydroxylation is 2. The second kappa shape index (κ2) is 7.78. The lowest BCUT2D eigenvalue weighted by molar-refractivity contribution is -0.117. The van der Waals surface area contributed by atoms with Crippen LogP contribution in [0.2, 0.25) is 5.02 Å². The molecule has 5 nitrogen and oxygen atoms in total. The maximum absolute atomic E-state index is 12.7. The zero-order valence-corrected chi connectivity index (χ0v) is 18.5. The number of benzene rings is 2. The van der Waals surface area contributed by atoms with E-state index in [1.807, 2.05) is 55.1 Å². The van der Waals surface area contributed by atoms with Crippen LogP contribution in [0.4, 0.5) is 5.69 Å². The van der Waals surface area contributed by atoms with Crippen LogP contribution in [0.15, 0.2) is 47.5 Å². The average Bonchev–Trinajstić information content (AvgIpc) is 3.08. The Labute approximate surface area is 180 Å². The molecule has 4 rings (SSSR count). The molecule has 0 aromatic heterocycles. The zero-order valence-electron chi connectivity index (χ0n) is 16.1. The Hall–Kier alpha value is -1.83. The van der Waals surface area contributed by atoms with Gasteiger partial charge in [-0.3, -0.25) is 4.79 Å². The first-order chi connectivity index (χ1) is 13.7. The standard InChI is InChI=1S/C21H21ClN2O3S2/c1-13-4-3-5-15(8-13)9-20(25)23-21-24(17-10-16(22)7-6-14(17)2)18-11-29(26,27)12-19(18)28-21/h3-8,10,18-19H,9,11-12H2,1-2H3/t18-,19+/m0/s1. The fraction of sp³-hybridized carbons (Fsp3) is 0.333. The molecule has 152 valence electrons. The molecule has 2 fully saturated rings. The largest absolute Gasteiger partial charge is 0.315 e. The van der Waals surface area contributed by atoms with Crippen LogP contribution in [0.3, 0.4) is 0 Å². The Morgan fingerprint density at radius 3 is 2.76 bits per heavy atom. The lowest BCUT2D eigenvalue weighted by atomic mass is 10.1. The van der Waals surface area contributed by atoms with E-state index in [0.717, 1.165) is 22.4 Å². The van der Waals surface area contributed by atoms with Crippen LogP contribution >= 0.6 is 23.4 Å². The van der Waals surface area contributed by atoms with E-state index in [-0.39, 0.29) is 35.1 Å². The van der Waals surface area contributed by atoms with Crippen molar-refractivity contribution in [2.24, 2.45) is 4.99 Å². The van der Waals surface area contributed by atoms with Gasteiger partial charge < -0.3 is 4.90 Å². The zero-order chi connectivity index (χ0) is 20.8. The number of carbonyl (C=O) groups excluding carboxylic acids is 1. The van der Waals surface area contributed by atoms with Gasteiger partial charge in [-0.2, -0.15) is 4.99 Å². The maximum Gasteiger partial charge on any atom is 0.252 e. The maximum atomic E-state index is 12.7. The summed E-state index contributed by atoms with van der Waals surface area (Å²) in [5.74, 6) is -0.0868. The minimum Gasteiger partial charge on any atom is -0.315 e. The number of fused-ring (bicyclic) bond motifs is 1. The van der Waals surface area contributed by atoms with E-state index in [1.54, 1.807) is 6.07 Å². The first-order valence-electron chi connectivity index (χ1n) is 9.31. The highest BCUT2D eigenvalue weighted by Gasteiger charge is 2.49. The lowest BCUT2D eigenvalue weighted by Crippen LogP contribution is -2.38. The smallest absolute Gasteiger partial charge is 0.252 e. The van der Waals surface area contributed by atoms with Gasteiger partial charge in [-0.15, -0.1) is 0 Å². The molecule has 0 N–H and O–H groups in total. The van der Waals surface area contributed by atoms with Gasteiger partial charge in [-0.25, -0.2) is 8.42 Å². The molecular weight excluding hydrogens is 428 g/mol. The summed E-state index contributed by atoms with van der Waals surface area (Å²) in [6.45, 7) is 3.93. The fourth-order valence-corrected chi connectivity index (χ4v) is 7.92. The van der Waals surface area contributed by atoms with Crippen molar-refractivity contribution in [1.29, 1.82) is 0 Å². The highest BCUT2D eigenvalue weighted by atomic mass is 35.5. The van der Waals surface area contributed by atoms with E-state index in [1.165, 1.54) is 11.8 Å². The highest BCUT2D eigenvalue weighted by Crippen LogP contribution is 2.42. The first-order valence-corrected chi connectivity index (χ1v) is 12.4. The second-order valence-electron chi connectivity index (χ2n) is 7.56. The SMILES string of the molecule is Cc1cccc(CC(=O)N=C2S[C@@H]3CS(=O)(=O)C[C@@H]3N2c2cc(Cl)ccc2C)c1. The van der Waals surface area contributed by atoms with Crippen molar-refractivity contribution in [1.82, 2.24) is 0 Å². The highest BCUT2D eigenvalue weighted by molar-refractivity contribution is 8.16. The van der Waals surface area contributed by atoms with Gasteiger partial charge in [0.15, 0.2) is 15.0 Å². The van der Waals surface area contributed by atoms with E-state index in [9.17, 15) is 13.2 Å². The molecule has 8 heteroatoms. The number of sulfone groups is 1. The molecule has 1 amide bonds. The van der Waals surface area contributed by atoms with Crippen molar-refractivity contribution in [3.05, 3.63) is 64.2 Å². The third-order valence-electron chi connectivity index (χ3n) is 5.16. The van der Waals surface area contributed by atoms with Crippen LogP contribution in [0.1, 0.15) is 16.7 Å². The summed E-state index contributed by atoms with van der Waals surface area (Å²) in [6, 6.07) is 13.0. The minimum absolute atomic E-state index is 0.0573. The Balaban J connectivity index is 1.68. The number of carbonyl (C=O) groups is 1. The van der Waals surface area contributed by atoms with Crippen molar-refractivity contribution in [2.75, 3.05) is 16.4 Å². The molecule has 2 aliphatic heterocycles. The quantitative estimate of drug-likeness (QED) is 0.714. The number of hydrogen-bond acceptors (Lipinski definition) is 4. The number of amides is 1. The lowest BCUT2D eigenvalue weighted by Gasteiger charge is -2.26. The van der Waals surface area contributed by atoms with Gasteiger partial charge in [0, 0.05) is 16.0 Å². The number of hydrogen-bond donors (Lipinski definition) is 0. The second-order valence-corrected chi connectivity index (χ2v) is 11.4. The molecule has 2 aromatic rings. The van der Waals surface area contributed by atoms with Crippen LogP contribution < -0.4 is 4.90 Å². The summed E-state index contributed by atoms with van der Waals surface area (Å²) in [6.07, 6.45) is 0.210. The Morgan fingerprint density at radius 1 is 1.21 bits per heavy atom. The Morgan fingerprint density at radius 2 is 2.00 bits per heavy atom. The van der Waals surface area contributed by atoms with Crippen molar-refractivity contribution < 1.29 is 13.2 Å². The van der Waals surface area contributed by atoms with Gasteiger partial charge >= 0.3 is 0 Å². The van der Waals surface area contributed by atoms with Gasteiger partial charge in [0.25, 0.3) is 5.91 Å². The molecule has 2 heterocycles. The number of halogens is 1. The predicted octanol–water partition coefficient (Wildman–Crippen LogP) is 3.80. The summed E-state index contributed by atoms with van der Waals surface area (Å²) in [7, 11) is -3.11. The molecule has 29 heavy (non-hydrogen) atoms. The van der Waals surface area contributed by atoms with Crippen LogP contribution in [-0.2, 0) is 21.1 Å². The molecule has 0 aliphatic carbocycles. The number of rotatable bonds is 3. The molecule has 2 atom stereocenters. The molecule has 0 radical (unpaired) electrons. The number of thioether (sulfide) groups is 1. The molecule has 0 unspecified atom stereocenters. The third-order valence-corrected chi connectivity index (χ3v) is 8.60. The monoisotopic (exact) mass is 448 g/mol. The topological polar surface area (TPSA) is 66.8 Å². The fourth-order valence-electron chi connectivity index (χ4n) is 3.83. The summed E-state index contributed by atoms with van der Waals surface area (Å²) < 4.78 is 24.4. The number of nitrogens with zero attached hydrogens (tertiary/aromatic N) is 2. The Bertz CT molecular complexity index is 1110. The number of aliphatic imine (C=N–C) groups is 1.